The van der Waals surface area contributed by atoms with Gasteiger partial charge in [-0.15, -0.1) is 0 Å². The number of carbonyl (C=O) groups is 2. The lowest BCUT2D eigenvalue weighted by Gasteiger charge is -2.13. The topological polar surface area (TPSA) is 107 Å². The van der Waals surface area contributed by atoms with Crippen molar-refractivity contribution in [2.45, 2.75) is 19.8 Å². The number of amides is 1. The molecule has 0 radical (unpaired) electrons. The summed E-state index contributed by atoms with van der Waals surface area (Å²) >= 11 is 0. The van der Waals surface area contributed by atoms with E-state index in [0.717, 1.165) is 16.8 Å². The zero-order chi connectivity index (χ0) is 28.1. The lowest BCUT2D eigenvalue weighted by molar-refractivity contribution is -0.118. The van der Waals surface area contributed by atoms with Gasteiger partial charge in [-0.05, 0) is 42.0 Å². The van der Waals surface area contributed by atoms with E-state index in [-0.39, 0.29) is 11.7 Å². The van der Waals surface area contributed by atoms with E-state index in [9.17, 15) is 9.59 Å². The van der Waals surface area contributed by atoms with Crippen molar-refractivity contribution in [2.24, 2.45) is 0 Å². The minimum absolute atomic E-state index is 0.179. The number of imidazole rings is 1. The Labute approximate surface area is 231 Å². The lowest BCUT2D eigenvalue weighted by Crippen LogP contribution is -2.12. The largest absolute Gasteiger partial charge is 0.493 e. The predicted octanol–water partition coefficient (Wildman–Crippen LogP) is 5.93. The van der Waals surface area contributed by atoms with E-state index in [1.807, 2.05) is 66.2 Å². The van der Waals surface area contributed by atoms with Crippen molar-refractivity contribution in [1.82, 2.24) is 14.4 Å². The molecule has 0 aliphatic heterocycles. The third kappa shape index (κ3) is 5.78. The smallest absolute Gasteiger partial charge is 0.255 e. The molecule has 0 fully saturated rings. The Morgan fingerprint density at radius 3 is 2.45 bits per heavy atom. The van der Waals surface area contributed by atoms with Gasteiger partial charge in [-0.3, -0.25) is 9.59 Å². The monoisotopic (exact) mass is 535 g/mol. The van der Waals surface area contributed by atoms with Crippen LogP contribution in [-0.4, -0.2) is 40.3 Å². The van der Waals surface area contributed by atoms with Gasteiger partial charge in [0.05, 0.1) is 19.9 Å². The molecule has 5 rings (SSSR count). The molecule has 0 saturated heterocycles. The number of nitrogens with one attached hydrogen (secondary N) is 2. The SMILES string of the molecule is CCC(=O)Cc1ccc(NC(=O)c2cccc(-c3cn4ccnc4c(Nc4ccc(OC)c(OC)c4)n3)c2)cc1. The molecule has 9 nitrogen and oxygen atoms in total. The standard InChI is InChI=1S/C31H29N5O4/c1-4-25(37)16-20-8-10-23(11-9-20)34-31(38)22-7-5-6-21(17-22)26-19-36-15-14-32-30(36)29(35-26)33-24-12-13-27(39-2)28(18-24)40-3/h5-15,17-19H,4,16H2,1-3H3,(H,33,35)(H,34,38). The van der Waals surface area contributed by atoms with Crippen LogP contribution >= 0.6 is 0 Å². The molecule has 0 bridgehead atoms. The highest BCUT2D eigenvalue weighted by molar-refractivity contribution is 6.05. The number of hydrogen-bond acceptors (Lipinski definition) is 7. The second-order valence-electron chi connectivity index (χ2n) is 9.13. The normalized spacial score (nSPS) is 10.8. The molecule has 40 heavy (non-hydrogen) atoms. The minimum Gasteiger partial charge on any atom is -0.493 e. The first-order chi connectivity index (χ1) is 19.5. The highest BCUT2D eigenvalue weighted by atomic mass is 16.5. The van der Waals surface area contributed by atoms with Crippen LogP contribution in [0.2, 0.25) is 0 Å². The number of methoxy groups -OCH3 is 2. The fraction of sp³-hybridized carbons (Fsp3) is 0.161. The number of ketones is 1. The summed E-state index contributed by atoms with van der Waals surface area (Å²) in [5.41, 5.74) is 4.90. The number of Topliss-reactive ketones (excluding diaryl/α,β-unsaturated/α-hetero) is 1. The number of nitrogens with zero attached hydrogens (tertiary/aromatic N) is 3. The third-order valence-corrected chi connectivity index (χ3v) is 6.45. The van der Waals surface area contributed by atoms with Gasteiger partial charge in [0.25, 0.3) is 5.91 Å². The van der Waals surface area contributed by atoms with Crippen LogP contribution in [0.1, 0.15) is 29.3 Å². The molecular weight excluding hydrogens is 506 g/mol. The molecule has 0 atom stereocenters. The summed E-state index contributed by atoms with van der Waals surface area (Å²) in [6.45, 7) is 1.85. The highest BCUT2D eigenvalue weighted by Crippen LogP contribution is 2.32. The Morgan fingerprint density at radius 2 is 1.70 bits per heavy atom. The van der Waals surface area contributed by atoms with Crippen molar-refractivity contribution in [1.29, 1.82) is 0 Å². The van der Waals surface area contributed by atoms with E-state index in [2.05, 4.69) is 15.6 Å². The molecule has 2 aromatic heterocycles. The molecule has 9 heteroatoms. The fourth-order valence-corrected chi connectivity index (χ4v) is 4.29. The summed E-state index contributed by atoms with van der Waals surface area (Å²) in [5.74, 6) is 1.69. The van der Waals surface area contributed by atoms with Gasteiger partial charge < -0.3 is 24.5 Å². The second-order valence-corrected chi connectivity index (χ2v) is 9.13. The fourth-order valence-electron chi connectivity index (χ4n) is 4.29. The second kappa shape index (κ2) is 11.7. The predicted molar refractivity (Wildman–Crippen MR) is 155 cm³/mol. The first-order valence-corrected chi connectivity index (χ1v) is 12.8. The molecule has 3 aromatic carbocycles. The molecule has 2 N–H and O–H groups in total. The number of benzene rings is 3. The number of ether oxygens (including phenoxy) is 2. The van der Waals surface area contributed by atoms with Crippen molar-refractivity contribution < 1.29 is 19.1 Å². The molecule has 2 heterocycles. The van der Waals surface area contributed by atoms with Crippen LogP contribution in [0.4, 0.5) is 17.2 Å². The maximum atomic E-state index is 13.1. The number of hydrogen-bond donors (Lipinski definition) is 2. The molecule has 0 aliphatic rings. The number of fused-ring (bicyclic) bond motifs is 1. The van der Waals surface area contributed by atoms with Crippen molar-refractivity contribution in [2.75, 3.05) is 24.9 Å². The Morgan fingerprint density at radius 1 is 0.925 bits per heavy atom. The van der Waals surface area contributed by atoms with Crippen LogP contribution in [0.25, 0.3) is 16.9 Å². The van der Waals surface area contributed by atoms with Crippen LogP contribution < -0.4 is 20.1 Å². The van der Waals surface area contributed by atoms with Gasteiger partial charge in [0, 0.05) is 60.0 Å². The van der Waals surface area contributed by atoms with Gasteiger partial charge in [-0.1, -0.05) is 31.2 Å². The Kier molecular flexibility index (Phi) is 7.72. The van der Waals surface area contributed by atoms with Gasteiger partial charge in [-0.2, -0.15) is 0 Å². The molecule has 0 saturated carbocycles. The van der Waals surface area contributed by atoms with Crippen LogP contribution in [0.15, 0.2) is 85.3 Å². The van der Waals surface area contributed by atoms with Crippen molar-refractivity contribution in [3.8, 4) is 22.8 Å². The van der Waals surface area contributed by atoms with Crippen LogP contribution in [0, 0.1) is 0 Å². The maximum Gasteiger partial charge on any atom is 0.255 e. The van der Waals surface area contributed by atoms with Crippen LogP contribution in [-0.2, 0) is 11.2 Å². The van der Waals surface area contributed by atoms with Crippen LogP contribution in [0.3, 0.4) is 0 Å². The van der Waals surface area contributed by atoms with E-state index < -0.39 is 0 Å². The van der Waals surface area contributed by atoms with Gasteiger partial charge in [-0.25, -0.2) is 9.97 Å². The van der Waals surface area contributed by atoms with Crippen molar-refractivity contribution >= 4 is 34.5 Å². The van der Waals surface area contributed by atoms with Gasteiger partial charge >= 0.3 is 0 Å². The number of carbonyl (C=O) groups excluding carboxylic acids is 2. The van der Waals surface area contributed by atoms with E-state index in [1.165, 1.54) is 0 Å². The average Bonchev–Trinajstić information content (AvgIpc) is 3.47. The zero-order valence-corrected chi connectivity index (χ0v) is 22.5. The number of rotatable bonds is 10. The van der Waals surface area contributed by atoms with Crippen molar-refractivity contribution in [3.05, 3.63) is 96.4 Å². The molecule has 0 unspecified atom stereocenters. The number of aromatic nitrogens is 3. The molecule has 0 aliphatic carbocycles. The van der Waals surface area contributed by atoms with Gasteiger partial charge in [0.15, 0.2) is 23.0 Å². The molecular formula is C31H29N5O4. The van der Waals surface area contributed by atoms with E-state index in [4.69, 9.17) is 14.5 Å². The Hall–Kier alpha value is -5.18. The highest BCUT2D eigenvalue weighted by Gasteiger charge is 2.14. The summed E-state index contributed by atoms with van der Waals surface area (Å²) in [4.78, 5) is 34.0. The quantitative estimate of drug-likeness (QED) is 0.228. The van der Waals surface area contributed by atoms with E-state index in [1.54, 1.807) is 44.7 Å². The number of anilines is 3. The molecule has 202 valence electrons. The molecule has 5 aromatic rings. The van der Waals surface area contributed by atoms with E-state index in [0.29, 0.717) is 52.8 Å². The Balaban J connectivity index is 1.39. The lowest BCUT2D eigenvalue weighted by atomic mass is 10.1. The summed E-state index contributed by atoms with van der Waals surface area (Å²) in [6, 6.07) is 20.1. The third-order valence-electron chi connectivity index (χ3n) is 6.45. The summed E-state index contributed by atoms with van der Waals surface area (Å²) < 4.78 is 12.6. The van der Waals surface area contributed by atoms with Gasteiger partial charge in [0.1, 0.15) is 5.78 Å². The molecule has 1 amide bonds. The first kappa shape index (κ1) is 26.4. The van der Waals surface area contributed by atoms with E-state index >= 15 is 0 Å². The molecule has 0 spiro atoms. The first-order valence-electron chi connectivity index (χ1n) is 12.8. The van der Waals surface area contributed by atoms with Gasteiger partial charge in [0.2, 0.25) is 0 Å². The zero-order valence-electron chi connectivity index (χ0n) is 22.5. The summed E-state index contributed by atoms with van der Waals surface area (Å²) in [5, 5.41) is 6.26. The maximum absolute atomic E-state index is 13.1. The summed E-state index contributed by atoms with van der Waals surface area (Å²) in [7, 11) is 3.17. The average molecular weight is 536 g/mol. The minimum atomic E-state index is -0.244. The van der Waals surface area contributed by atoms with Crippen LogP contribution in [0.5, 0.6) is 11.5 Å². The summed E-state index contributed by atoms with van der Waals surface area (Å²) in [6.07, 6.45) is 6.31. The Bertz CT molecular complexity index is 1680. The van der Waals surface area contributed by atoms with Crippen molar-refractivity contribution in [3.63, 3.8) is 0 Å².